The van der Waals surface area contributed by atoms with Gasteiger partial charge in [0.2, 0.25) is 0 Å². The van der Waals surface area contributed by atoms with E-state index in [1.807, 2.05) is 79.7 Å². The van der Waals surface area contributed by atoms with E-state index >= 15 is 0 Å². The molecule has 0 heterocycles. The number of anilines is 8. The van der Waals surface area contributed by atoms with Crippen molar-refractivity contribution in [3.05, 3.63) is 140 Å². The molecule has 0 aliphatic rings. The lowest BCUT2D eigenvalue weighted by molar-refractivity contribution is 0.340. The van der Waals surface area contributed by atoms with Gasteiger partial charge in [-0.3, -0.25) is 0 Å². The highest BCUT2D eigenvalue weighted by Gasteiger charge is 2.20. The van der Waals surface area contributed by atoms with Gasteiger partial charge >= 0.3 is 0 Å². The SMILES string of the molecule is CCOc1ccc(Nc2cc(N(c3ccc(OC)cc3)c3ccc(OC)cc3)cc(N(c3ccc(OC)cc3)c3ccc(OC)cc3)c2)cc1. The lowest BCUT2D eigenvalue weighted by Gasteiger charge is -2.30. The van der Waals surface area contributed by atoms with Crippen LogP contribution in [0.2, 0.25) is 0 Å². The predicted molar refractivity (Wildman–Crippen MR) is 203 cm³/mol. The average Bonchev–Trinajstić information content (AvgIpc) is 3.17. The van der Waals surface area contributed by atoms with Crippen LogP contribution in [-0.4, -0.2) is 35.0 Å². The maximum Gasteiger partial charge on any atom is 0.119 e. The summed E-state index contributed by atoms with van der Waals surface area (Å²) in [5.74, 6) is 3.93. The van der Waals surface area contributed by atoms with Gasteiger partial charge in [0, 0.05) is 34.1 Å². The summed E-state index contributed by atoms with van der Waals surface area (Å²) < 4.78 is 27.7. The van der Waals surface area contributed by atoms with Crippen molar-refractivity contribution >= 4 is 45.5 Å². The second kappa shape index (κ2) is 15.7. The van der Waals surface area contributed by atoms with Crippen LogP contribution in [0.4, 0.5) is 45.5 Å². The zero-order valence-corrected chi connectivity index (χ0v) is 28.9. The van der Waals surface area contributed by atoms with E-state index in [2.05, 4.69) is 81.8 Å². The molecular weight excluding hydrogens is 626 g/mol. The highest BCUT2D eigenvalue weighted by Crippen LogP contribution is 2.44. The summed E-state index contributed by atoms with van der Waals surface area (Å²) in [5, 5.41) is 3.65. The standard InChI is InChI=1S/C42H41N3O5/c1-6-50-42-17-7-30(8-18-42)43-31-27-36(44(32-9-19-38(46-2)20-10-32)33-11-21-39(47-3)22-12-33)29-37(28-31)45(34-13-23-40(48-4)24-14-34)35-15-25-41(49-5)26-16-35/h7-29,43H,6H2,1-5H3. The van der Waals surface area contributed by atoms with Crippen LogP contribution in [0.5, 0.6) is 28.7 Å². The number of ether oxygens (including phenoxy) is 5. The fourth-order valence-corrected chi connectivity index (χ4v) is 5.71. The minimum atomic E-state index is 0.608. The lowest BCUT2D eigenvalue weighted by Crippen LogP contribution is -2.14. The van der Waals surface area contributed by atoms with Crippen molar-refractivity contribution in [3.63, 3.8) is 0 Å². The Bertz CT molecular complexity index is 1750. The summed E-state index contributed by atoms with van der Waals surface area (Å²) in [7, 11) is 6.69. The van der Waals surface area contributed by atoms with E-state index in [1.165, 1.54) is 0 Å². The third-order valence-corrected chi connectivity index (χ3v) is 8.20. The average molecular weight is 668 g/mol. The Labute approximate surface area is 294 Å². The summed E-state index contributed by atoms with van der Waals surface area (Å²) >= 11 is 0. The van der Waals surface area contributed by atoms with Gasteiger partial charge in [-0.2, -0.15) is 0 Å². The van der Waals surface area contributed by atoms with Crippen molar-refractivity contribution in [1.29, 1.82) is 0 Å². The molecule has 0 saturated carbocycles. The van der Waals surface area contributed by atoms with E-state index in [0.29, 0.717) is 6.61 Å². The molecule has 0 aliphatic carbocycles. The molecule has 0 spiro atoms. The van der Waals surface area contributed by atoms with Crippen LogP contribution in [0.1, 0.15) is 6.92 Å². The van der Waals surface area contributed by atoms with Crippen molar-refractivity contribution in [2.24, 2.45) is 0 Å². The topological polar surface area (TPSA) is 64.7 Å². The molecule has 0 amide bonds. The second-order valence-corrected chi connectivity index (χ2v) is 11.3. The summed E-state index contributed by atoms with van der Waals surface area (Å²) in [4.78, 5) is 4.43. The summed E-state index contributed by atoms with van der Waals surface area (Å²) in [6, 6.07) is 46.7. The second-order valence-electron chi connectivity index (χ2n) is 11.3. The Balaban J connectivity index is 1.55. The van der Waals surface area contributed by atoms with Crippen LogP contribution in [0.15, 0.2) is 140 Å². The number of hydrogen-bond donors (Lipinski definition) is 1. The van der Waals surface area contributed by atoms with Crippen LogP contribution in [0, 0.1) is 0 Å². The third kappa shape index (κ3) is 7.71. The fraction of sp³-hybridized carbons (Fsp3) is 0.143. The van der Waals surface area contributed by atoms with Gasteiger partial charge in [0.1, 0.15) is 28.7 Å². The van der Waals surface area contributed by atoms with E-state index in [9.17, 15) is 0 Å². The van der Waals surface area contributed by atoms with Gasteiger partial charge in [0.05, 0.1) is 46.4 Å². The van der Waals surface area contributed by atoms with Crippen molar-refractivity contribution in [3.8, 4) is 28.7 Å². The summed E-state index contributed by atoms with van der Waals surface area (Å²) in [5.41, 5.74) is 7.51. The van der Waals surface area contributed by atoms with Crippen LogP contribution in [-0.2, 0) is 0 Å². The smallest absolute Gasteiger partial charge is 0.119 e. The van der Waals surface area contributed by atoms with Crippen molar-refractivity contribution in [2.45, 2.75) is 6.92 Å². The molecule has 6 rings (SSSR count). The number of benzene rings is 6. The Morgan fingerprint density at radius 2 is 0.700 bits per heavy atom. The quantitative estimate of drug-likeness (QED) is 0.123. The Hall–Kier alpha value is -6.28. The molecule has 6 aromatic rings. The van der Waals surface area contributed by atoms with Crippen LogP contribution in [0.3, 0.4) is 0 Å². The van der Waals surface area contributed by atoms with E-state index in [1.54, 1.807) is 28.4 Å². The van der Waals surface area contributed by atoms with Gasteiger partial charge in [0.15, 0.2) is 0 Å². The zero-order valence-electron chi connectivity index (χ0n) is 28.9. The summed E-state index contributed by atoms with van der Waals surface area (Å²) in [6.45, 7) is 2.59. The largest absolute Gasteiger partial charge is 0.497 e. The molecule has 0 unspecified atom stereocenters. The maximum atomic E-state index is 5.70. The Morgan fingerprint density at radius 3 is 1.00 bits per heavy atom. The molecular formula is C42H41N3O5. The first kappa shape index (κ1) is 33.6. The Morgan fingerprint density at radius 1 is 0.380 bits per heavy atom. The van der Waals surface area contributed by atoms with Gasteiger partial charge in [0.25, 0.3) is 0 Å². The first-order valence-electron chi connectivity index (χ1n) is 16.3. The molecule has 0 aliphatic heterocycles. The van der Waals surface area contributed by atoms with Gasteiger partial charge in [-0.1, -0.05) is 0 Å². The van der Waals surface area contributed by atoms with Gasteiger partial charge < -0.3 is 38.8 Å². The lowest BCUT2D eigenvalue weighted by atomic mass is 10.1. The highest BCUT2D eigenvalue weighted by atomic mass is 16.5. The van der Waals surface area contributed by atoms with Crippen LogP contribution >= 0.6 is 0 Å². The molecule has 8 heteroatoms. The number of nitrogens with one attached hydrogen (secondary N) is 1. The maximum absolute atomic E-state index is 5.70. The van der Waals surface area contributed by atoms with Gasteiger partial charge in [-0.15, -0.1) is 0 Å². The van der Waals surface area contributed by atoms with Crippen molar-refractivity contribution < 1.29 is 23.7 Å². The molecule has 50 heavy (non-hydrogen) atoms. The molecule has 6 aromatic carbocycles. The Kier molecular flexibility index (Phi) is 10.6. The number of nitrogens with zero attached hydrogens (tertiary/aromatic N) is 2. The molecule has 254 valence electrons. The first-order chi connectivity index (χ1) is 24.5. The molecule has 0 saturated heterocycles. The molecule has 0 bridgehead atoms. The first-order valence-corrected chi connectivity index (χ1v) is 16.3. The van der Waals surface area contributed by atoms with Crippen LogP contribution < -0.4 is 38.8 Å². The fourth-order valence-electron chi connectivity index (χ4n) is 5.71. The van der Waals surface area contributed by atoms with E-state index < -0.39 is 0 Å². The van der Waals surface area contributed by atoms with Crippen molar-refractivity contribution in [2.75, 3.05) is 50.2 Å². The van der Waals surface area contributed by atoms with E-state index in [4.69, 9.17) is 23.7 Å². The highest BCUT2D eigenvalue weighted by molar-refractivity contribution is 5.87. The summed E-state index contributed by atoms with van der Waals surface area (Å²) in [6.07, 6.45) is 0. The van der Waals surface area contributed by atoms with Gasteiger partial charge in [-0.25, -0.2) is 0 Å². The normalized spacial score (nSPS) is 10.6. The molecule has 8 nitrogen and oxygen atoms in total. The minimum Gasteiger partial charge on any atom is -0.497 e. The third-order valence-electron chi connectivity index (χ3n) is 8.20. The number of methoxy groups -OCH3 is 4. The number of hydrogen-bond acceptors (Lipinski definition) is 8. The molecule has 0 atom stereocenters. The van der Waals surface area contributed by atoms with Crippen molar-refractivity contribution in [1.82, 2.24) is 0 Å². The van der Waals surface area contributed by atoms with Crippen LogP contribution in [0.25, 0.3) is 0 Å². The minimum absolute atomic E-state index is 0.608. The van der Waals surface area contributed by atoms with E-state index in [-0.39, 0.29) is 0 Å². The predicted octanol–water partition coefficient (Wildman–Crippen LogP) is 10.8. The zero-order chi connectivity index (χ0) is 34.9. The molecule has 0 aromatic heterocycles. The molecule has 0 fully saturated rings. The van der Waals surface area contributed by atoms with Gasteiger partial charge in [-0.05, 0) is 146 Å². The monoisotopic (exact) mass is 667 g/mol. The molecule has 1 N–H and O–H groups in total. The van der Waals surface area contributed by atoms with E-state index in [0.717, 1.165) is 74.2 Å². The number of rotatable bonds is 14. The molecule has 0 radical (unpaired) electrons.